The molecule has 0 heterocycles. The fourth-order valence-electron chi connectivity index (χ4n) is 2.69. The van der Waals surface area contributed by atoms with Gasteiger partial charge in [-0.3, -0.25) is 4.79 Å². The fourth-order valence-corrected chi connectivity index (χ4v) is 3.52. The largest absolute Gasteiger partial charge is 0.490 e. The molecule has 0 aliphatic heterocycles. The van der Waals surface area contributed by atoms with Gasteiger partial charge in [0.25, 0.3) is 0 Å². The van der Waals surface area contributed by atoms with E-state index in [2.05, 4.69) is 5.32 Å². The highest BCUT2D eigenvalue weighted by Crippen LogP contribution is 2.25. The second-order valence-electron chi connectivity index (χ2n) is 5.84. The Labute approximate surface area is 151 Å². The molecule has 1 aliphatic rings. The van der Waals surface area contributed by atoms with Gasteiger partial charge in [0.05, 0.1) is 11.9 Å². The van der Waals surface area contributed by atoms with Crippen molar-refractivity contribution in [3.8, 4) is 5.75 Å². The Morgan fingerprint density at radius 1 is 1.08 bits per heavy atom. The third-order valence-corrected chi connectivity index (χ3v) is 5.19. The molecule has 3 nitrogen and oxygen atoms in total. The van der Waals surface area contributed by atoms with E-state index in [1.165, 1.54) is 24.6 Å². The highest BCUT2D eigenvalue weighted by atomic mass is 35.5. The summed E-state index contributed by atoms with van der Waals surface area (Å²) in [6.45, 7) is 0. The van der Waals surface area contributed by atoms with E-state index >= 15 is 0 Å². The average Bonchev–Trinajstić information content (AvgIpc) is 3.09. The Bertz CT molecular complexity index is 667. The second kappa shape index (κ2) is 8.45. The van der Waals surface area contributed by atoms with E-state index in [0.29, 0.717) is 16.9 Å². The Morgan fingerprint density at radius 3 is 2.42 bits per heavy atom. The van der Waals surface area contributed by atoms with Crippen molar-refractivity contribution >= 4 is 35.0 Å². The standard InChI is InChI=1S/C19H20ClNO2S/c20-14-5-11-18(12-6-14)24-13-19(22)21-15-7-9-17(10-8-15)23-16-3-1-2-4-16/h5-12,16H,1-4,13H2,(H,21,22). The van der Waals surface area contributed by atoms with Crippen LogP contribution in [0.1, 0.15) is 25.7 Å². The Hall–Kier alpha value is -1.65. The van der Waals surface area contributed by atoms with Gasteiger partial charge in [0, 0.05) is 15.6 Å². The maximum Gasteiger partial charge on any atom is 0.234 e. The first-order chi connectivity index (χ1) is 11.7. The highest BCUT2D eigenvalue weighted by molar-refractivity contribution is 8.00. The summed E-state index contributed by atoms with van der Waals surface area (Å²) in [7, 11) is 0. The van der Waals surface area contributed by atoms with Crippen molar-refractivity contribution in [2.75, 3.05) is 11.1 Å². The molecule has 24 heavy (non-hydrogen) atoms. The van der Waals surface area contributed by atoms with Crippen LogP contribution < -0.4 is 10.1 Å². The topological polar surface area (TPSA) is 38.3 Å². The van der Waals surface area contributed by atoms with E-state index in [1.54, 1.807) is 0 Å². The van der Waals surface area contributed by atoms with E-state index in [-0.39, 0.29) is 5.91 Å². The number of hydrogen-bond donors (Lipinski definition) is 1. The number of ether oxygens (including phenoxy) is 1. The molecular weight excluding hydrogens is 342 g/mol. The number of thioether (sulfide) groups is 1. The summed E-state index contributed by atoms with van der Waals surface area (Å²) in [5.41, 5.74) is 0.787. The summed E-state index contributed by atoms with van der Waals surface area (Å²) in [5, 5.41) is 3.60. The quantitative estimate of drug-likeness (QED) is 0.701. The van der Waals surface area contributed by atoms with Crippen molar-refractivity contribution in [1.82, 2.24) is 0 Å². The first-order valence-corrected chi connectivity index (χ1v) is 9.50. The van der Waals surface area contributed by atoms with Gasteiger partial charge in [-0.2, -0.15) is 0 Å². The normalized spacial score (nSPS) is 14.5. The highest BCUT2D eigenvalue weighted by Gasteiger charge is 2.16. The van der Waals surface area contributed by atoms with Gasteiger partial charge in [0.1, 0.15) is 5.75 Å². The summed E-state index contributed by atoms with van der Waals surface area (Å²) in [4.78, 5) is 13.1. The minimum absolute atomic E-state index is 0.0283. The van der Waals surface area contributed by atoms with E-state index in [9.17, 15) is 4.79 Å². The van der Waals surface area contributed by atoms with Crippen molar-refractivity contribution in [3.05, 3.63) is 53.6 Å². The molecule has 5 heteroatoms. The van der Waals surface area contributed by atoms with Crippen molar-refractivity contribution in [2.45, 2.75) is 36.7 Å². The number of anilines is 1. The van der Waals surface area contributed by atoms with E-state index in [0.717, 1.165) is 29.2 Å². The van der Waals surface area contributed by atoms with Gasteiger partial charge < -0.3 is 10.1 Å². The molecule has 1 N–H and O–H groups in total. The molecule has 0 atom stereocenters. The molecule has 3 rings (SSSR count). The zero-order chi connectivity index (χ0) is 16.8. The van der Waals surface area contributed by atoms with Gasteiger partial charge in [-0.05, 0) is 74.2 Å². The molecule has 2 aromatic carbocycles. The van der Waals surface area contributed by atoms with Gasteiger partial charge in [0.2, 0.25) is 5.91 Å². The van der Waals surface area contributed by atoms with E-state index in [4.69, 9.17) is 16.3 Å². The summed E-state index contributed by atoms with van der Waals surface area (Å²) >= 11 is 7.33. The number of carbonyl (C=O) groups is 1. The van der Waals surface area contributed by atoms with Crippen molar-refractivity contribution in [1.29, 1.82) is 0 Å². The summed E-state index contributed by atoms with van der Waals surface area (Å²) < 4.78 is 5.92. The number of carbonyl (C=O) groups excluding carboxylic acids is 1. The van der Waals surface area contributed by atoms with Crippen LogP contribution in [0.25, 0.3) is 0 Å². The Morgan fingerprint density at radius 2 is 1.75 bits per heavy atom. The molecule has 1 saturated carbocycles. The molecule has 0 unspecified atom stereocenters. The number of rotatable bonds is 6. The lowest BCUT2D eigenvalue weighted by molar-refractivity contribution is -0.113. The molecular formula is C19H20ClNO2S. The van der Waals surface area contributed by atoms with E-state index in [1.807, 2.05) is 48.5 Å². The first kappa shape index (κ1) is 17.2. The molecule has 0 bridgehead atoms. The third-order valence-electron chi connectivity index (χ3n) is 3.93. The number of halogens is 1. The van der Waals surface area contributed by atoms with Crippen molar-refractivity contribution in [2.24, 2.45) is 0 Å². The first-order valence-electron chi connectivity index (χ1n) is 8.14. The Kier molecular flexibility index (Phi) is 6.05. The van der Waals surface area contributed by atoms with Crippen LogP contribution in [0.3, 0.4) is 0 Å². The summed E-state index contributed by atoms with van der Waals surface area (Å²) in [6.07, 6.45) is 5.14. The van der Waals surface area contributed by atoms with Gasteiger partial charge >= 0.3 is 0 Å². The molecule has 0 aromatic heterocycles. The van der Waals surface area contributed by atoms with Crippen molar-refractivity contribution < 1.29 is 9.53 Å². The van der Waals surface area contributed by atoms with Gasteiger partial charge in [-0.25, -0.2) is 0 Å². The lowest BCUT2D eigenvalue weighted by Gasteiger charge is -2.13. The van der Waals surface area contributed by atoms with Crippen molar-refractivity contribution in [3.63, 3.8) is 0 Å². The molecule has 2 aromatic rings. The average molecular weight is 362 g/mol. The van der Waals surface area contributed by atoms with Crippen LogP contribution in [-0.2, 0) is 4.79 Å². The van der Waals surface area contributed by atoms with Crippen LogP contribution in [0, 0.1) is 0 Å². The predicted molar refractivity (Wildman–Crippen MR) is 100 cm³/mol. The maximum atomic E-state index is 12.0. The predicted octanol–water partition coefficient (Wildman–Crippen LogP) is 5.39. The maximum absolute atomic E-state index is 12.0. The summed E-state index contributed by atoms with van der Waals surface area (Å²) in [5.74, 6) is 1.21. The second-order valence-corrected chi connectivity index (χ2v) is 7.32. The number of nitrogens with one attached hydrogen (secondary N) is 1. The minimum atomic E-state index is -0.0283. The van der Waals surface area contributed by atoms with Crippen LogP contribution in [-0.4, -0.2) is 17.8 Å². The zero-order valence-electron chi connectivity index (χ0n) is 13.3. The van der Waals surface area contributed by atoms with Gasteiger partial charge in [-0.1, -0.05) is 11.6 Å². The fraction of sp³-hybridized carbons (Fsp3) is 0.316. The van der Waals surface area contributed by atoms with Gasteiger partial charge in [-0.15, -0.1) is 11.8 Å². The lowest BCUT2D eigenvalue weighted by Crippen LogP contribution is -2.14. The third kappa shape index (κ3) is 5.18. The van der Waals surface area contributed by atoms with E-state index < -0.39 is 0 Å². The smallest absolute Gasteiger partial charge is 0.234 e. The van der Waals surface area contributed by atoms with Crippen LogP contribution >= 0.6 is 23.4 Å². The number of amides is 1. The molecule has 0 spiro atoms. The van der Waals surface area contributed by atoms with Crippen LogP contribution in [0.4, 0.5) is 5.69 Å². The minimum Gasteiger partial charge on any atom is -0.490 e. The SMILES string of the molecule is O=C(CSc1ccc(Cl)cc1)Nc1ccc(OC2CCCC2)cc1. The molecule has 1 aliphatic carbocycles. The van der Waals surface area contributed by atoms with Crippen LogP contribution in [0.15, 0.2) is 53.4 Å². The number of hydrogen-bond acceptors (Lipinski definition) is 3. The zero-order valence-corrected chi connectivity index (χ0v) is 14.9. The monoisotopic (exact) mass is 361 g/mol. The molecule has 126 valence electrons. The molecule has 0 radical (unpaired) electrons. The van der Waals surface area contributed by atoms with Gasteiger partial charge in [0.15, 0.2) is 0 Å². The molecule has 1 fully saturated rings. The molecule has 0 saturated heterocycles. The summed E-state index contributed by atoms with van der Waals surface area (Å²) in [6, 6.07) is 15.1. The van der Waals surface area contributed by atoms with Crippen LogP contribution in [0.2, 0.25) is 5.02 Å². The van der Waals surface area contributed by atoms with Crippen LogP contribution in [0.5, 0.6) is 5.75 Å². The Balaban J connectivity index is 1.46. The number of benzene rings is 2. The lowest BCUT2D eigenvalue weighted by atomic mass is 10.2. The molecule has 1 amide bonds.